The van der Waals surface area contributed by atoms with Crippen molar-refractivity contribution in [2.24, 2.45) is 0 Å². The molecule has 0 radical (unpaired) electrons. The molecule has 0 spiro atoms. The van der Waals surface area contributed by atoms with E-state index >= 15 is 0 Å². The number of nitrogens with one attached hydrogen (secondary N) is 1. The maximum absolute atomic E-state index is 13.4. The third kappa shape index (κ3) is 5.81. The molecule has 1 aliphatic rings. The van der Waals surface area contributed by atoms with Crippen LogP contribution in [-0.2, 0) is 16.0 Å². The Labute approximate surface area is 181 Å². The Bertz CT molecular complexity index is 966. The minimum absolute atomic E-state index is 0.0123. The van der Waals surface area contributed by atoms with E-state index < -0.39 is 0 Å². The van der Waals surface area contributed by atoms with Crippen molar-refractivity contribution in [3.05, 3.63) is 83.9 Å². The highest BCUT2D eigenvalue weighted by Crippen LogP contribution is 2.23. The molecule has 3 aromatic rings. The minimum Gasteiger partial charge on any atom is -0.461 e. The SMILES string of the molecule is O=C(CCc1ccc(-c2ccccc2)o1)NC[C@@H](c1ccc(F)cc1)N1CCOCC1. The van der Waals surface area contributed by atoms with Crippen LogP contribution >= 0.6 is 0 Å². The Hall–Kier alpha value is -2.96. The van der Waals surface area contributed by atoms with Crippen LogP contribution in [0.4, 0.5) is 4.39 Å². The van der Waals surface area contributed by atoms with Crippen molar-refractivity contribution in [2.75, 3.05) is 32.8 Å². The van der Waals surface area contributed by atoms with Crippen molar-refractivity contribution in [3.8, 4) is 11.3 Å². The molecule has 4 rings (SSSR count). The quantitative estimate of drug-likeness (QED) is 0.591. The number of nitrogens with zero attached hydrogens (tertiary/aromatic N) is 1. The molecule has 1 aliphatic heterocycles. The normalized spacial score (nSPS) is 15.5. The molecule has 0 aliphatic carbocycles. The smallest absolute Gasteiger partial charge is 0.220 e. The Kier molecular flexibility index (Phi) is 7.12. The summed E-state index contributed by atoms with van der Waals surface area (Å²) < 4.78 is 24.7. The molecule has 31 heavy (non-hydrogen) atoms. The summed E-state index contributed by atoms with van der Waals surface area (Å²) in [7, 11) is 0. The lowest BCUT2D eigenvalue weighted by Crippen LogP contribution is -2.43. The summed E-state index contributed by atoms with van der Waals surface area (Å²) in [5.41, 5.74) is 2.01. The number of benzene rings is 2. The molecule has 1 amide bonds. The van der Waals surface area contributed by atoms with Gasteiger partial charge >= 0.3 is 0 Å². The molecular formula is C25H27FN2O3. The molecule has 1 atom stereocenters. The van der Waals surface area contributed by atoms with Gasteiger partial charge in [-0.25, -0.2) is 4.39 Å². The largest absolute Gasteiger partial charge is 0.461 e. The minimum atomic E-state index is -0.262. The number of halogens is 1. The zero-order chi connectivity index (χ0) is 21.5. The van der Waals surface area contributed by atoms with Crippen molar-refractivity contribution >= 4 is 5.91 Å². The van der Waals surface area contributed by atoms with Crippen LogP contribution in [0.2, 0.25) is 0 Å². The third-order valence-electron chi connectivity index (χ3n) is 5.55. The van der Waals surface area contributed by atoms with Crippen molar-refractivity contribution < 1.29 is 18.3 Å². The van der Waals surface area contributed by atoms with Gasteiger partial charge < -0.3 is 14.5 Å². The van der Waals surface area contributed by atoms with Crippen LogP contribution in [0, 0.1) is 5.82 Å². The summed E-state index contributed by atoms with van der Waals surface area (Å²) in [6.07, 6.45) is 0.887. The molecule has 0 saturated carbocycles. The van der Waals surface area contributed by atoms with Gasteiger partial charge in [-0.3, -0.25) is 9.69 Å². The predicted molar refractivity (Wildman–Crippen MR) is 117 cm³/mol. The molecule has 1 N–H and O–H groups in total. The molecule has 1 saturated heterocycles. The highest BCUT2D eigenvalue weighted by atomic mass is 19.1. The van der Waals surface area contributed by atoms with Gasteiger partial charge in [-0.05, 0) is 29.8 Å². The third-order valence-corrected chi connectivity index (χ3v) is 5.55. The number of carbonyl (C=O) groups is 1. The summed E-state index contributed by atoms with van der Waals surface area (Å²) in [6.45, 7) is 3.36. The van der Waals surface area contributed by atoms with Gasteiger partial charge in [0.05, 0.1) is 19.3 Å². The number of carbonyl (C=O) groups excluding carboxylic acids is 1. The maximum atomic E-state index is 13.4. The number of hydrogen-bond acceptors (Lipinski definition) is 4. The van der Waals surface area contributed by atoms with Crippen LogP contribution in [0.25, 0.3) is 11.3 Å². The maximum Gasteiger partial charge on any atom is 0.220 e. The van der Waals surface area contributed by atoms with E-state index in [9.17, 15) is 9.18 Å². The van der Waals surface area contributed by atoms with Gasteiger partial charge in [-0.15, -0.1) is 0 Å². The second kappa shape index (κ2) is 10.4. The number of aryl methyl sites for hydroxylation is 1. The fourth-order valence-corrected chi connectivity index (χ4v) is 3.84. The first-order valence-corrected chi connectivity index (χ1v) is 10.7. The lowest BCUT2D eigenvalue weighted by molar-refractivity contribution is -0.121. The van der Waals surface area contributed by atoms with Crippen molar-refractivity contribution in [1.29, 1.82) is 0 Å². The lowest BCUT2D eigenvalue weighted by Gasteiger charge is -2.35. The average Bonchev–Trinajstić information content (AvgIpc) is 3.29. The fraction of sp³-hybridized carbons (Fsp3) is 0.320. The highest BCUT2D eigenvalue weighted by molar-refractivity contribution is 5.76. The summed E-state index contributed by atoms with van der Waals surface area (Å²) in [5.74, 6) is 1.30. The Morgan fingerprint density at radius 2 is 1.74 bits per heavy atom. The summed E-state index contributed by atoms with van der Waals surface area (Å²) in [4.78, 5) is 14.8. The summed E-state index contributed by atoms with van der Waals surface area (Å²) in [5, 5.41) is 3.05. The first-order chi connectivity index (χ1) is 15.2. The highest BCUT2D eigenvalue weighted by Gasteiger charge is 2.23. The standard InChI is InChI=1S/C25H27FN2O3/c26-21-8-6-19(7-9-21)23(28-14-16-30-17-15-28)18-27-25(29)13-11-22-10-12-24(31-22)20-4-2-1-3-5-20/h1-10,12,23H,11,13-18H2,(H,27,29)/t23-/m0/s1. The summed E-state index contributed by atoms with van der Waals surface area (Å²) >= 11 is 0. The van der Waals surface area contributed by atoms with E-state index in [1.54, 1.807) is 12.1 Å². The van der Waals surface area contributed by atoms with Gasteiger partial charge in [0.2, 0.25) is 5.91 Å². The Morgan fingerprint density at radius 3 is 2.48 bits per heavy atom. The van der Waals surface area contributed by atoms with Crippen molar-refractivity contribution in [2.45, 2.75) is 18.9 Å². The molecule has 0 bridgehead atoms. The van der Waals surface area contributed by atoms with Gasteiger partial charge in [0.15, 0.2) is 0 Å². The van der Waals surface area contributed by atoms with Crippen LogP contribution in [-0.4, -0.2) is 43.7 Å². The molecule has 1 fully saturated rings. The van der Waals surface area contributed by atoms with E-state index in [1.807, 2.05) is 42.5 Å². The van der Waals surface area contributed by atoms with Gasteiger partial charge in [-0.2, -0.15) is 0 Å². The number of rotatable bonds is 8. The molecule has 162 valence electrons. The van der Waals surface area contributed by atoms with Crippen molar-refractivity contribution in [1.82, 2.24) is 10.2 Å². The first kappa shape index (κ1) is 21.3. The molecule has 1 aromatic heterocycles. The zero-order valence-corrected chi connectivity index (χ0v) is 17.4. The van der Waals surface area contributed by atoms with Crippen LogP contribution in [0.3, 0.4) is 0 Å². The number of furan rings is 1. The average molecular weight is 423 g/mol. The van der Waals surface area contributed by atoms with Gasteiger partial charge in [0.1, 0.15) is 17.3 Å². The van der Waals surface area contributed by atoms with Crippen molar-refractivity contribution in [3.63, 3.8) is 0 Å². The topological polar surface area (TPSA) is 54.7 Å². The van der Waals surface area contributed by atoms with E-state index in [2.05, 4.69) is 10.2 Å². The second-order valence-electron chi connectivity index (χ2n) is 7.65. The van der Waals surface area contributed by atoms with Crippen LogP contribution in [0.15, 0.2) is 71.1 Å². The van der Waals surface area contributed by atoms with Crippen LogP contribution < -0.4 is 5.32 Å². The first-order valence-electron chi connectivity index (χ1n) is 10.7. The summed E-state index contributed by atoms with van der Waals surface area (Å²) in [6, 6.07) is 20.2. The van der Waals surface area contributed by atoms with Gasteiger partial charge in [0.25, 0.3) is 0 Å². The van der Waals surface area contributed by atoms with Crippen LogP contribution in [0.5, 0.6) is 0 Å². The van der Waals surface area contributed by atoms with Crippen LogP contribution in [0.1, 0.15) is 23.8 Å². The second-order valence-corrected chi connectivity index (χ2v) is 7.65. The Morgan fingerprint density at radius 1 is 1.00 bits per heavy atom. The van der Waals surface area contributed by atoms with E-state index in [-0.39, 0.29) is 17.8 Å². The number of hydrogen-bond donors (Lipinski definition) is 1. The molecular weight excluding hydrogens is 395 g/mol. The molecule has 5 nitrogen and oxygen atoms in total. The van der Waals surface area contributed by atoms with E-state index in [4.69, 9.17) is 9.15 Å². The lowest BCUT2D eigenvalue weighted by atomic mass is 10.0. The van der Waals surface area contributed by atoms with E-state index in [1.165, 1.54) is 12.1 Å². The van der Waals surface area contributed by atoms with E-state index in [0.717, 1.165) is 35.7 Å². The monoisotopic (exact) mass is 422 g/mol. The molecule has 6 heteroatoms. The van der Waals surface area contributed by atoms with Gasteiger partial charge in [0, 0.05) is 38.0 Å². The van der Waals surface area contributed by atoms with Gasteiger partial charge in [-0.1, -0.05) is 42.5 Å². The predicted octanol–water partition coefficient (Wildman–Crippen LogP) is 4.21. The number of ether oxygens (including phenoxy) is 1. The molecule has 0 unspecified atom stereocenters. The fourth-order valence-electron chi connectivity index (χ4n) is 3.84. The Balaban J connectivity index is 1.32. The number of morpholine rings is 1. The zero-order valence-electron chi connectivity index (χ0n) is 17.4. The van der Waals surface area contributed by atoms with E-state index in [0.29, 0.717) is 32.6 Å². The molecule has 2 heterocycles. The number of amides is 1. The molecule has 2 aromatic carbocycles.